The van der Waals surface area contributed by atoms with Crippen molar-refractivity contribution in [1.29, 1.82) is 0 Å². The van der Waals surface area contributed by atoms with Gasteiger partial charge in [-0.05, 0) is 29.7 Å². The van der Waals surface area contributed by atoms with Crippen molar-refractivity contribution in [2.45, 2.75) is 17.9 Å². The molecule has 1 aliphatic heterocycles. The van der Waals surface area contributed by atoms with Crippen LogP contribution in [-0.2, 0) is 33.0 Å². The zero-order valence-corrected chi connectivity index (χ0v) is 17.7. The number of nitrogens with zero attached hydrogens (tertiary/aromatic N) is 3. The topological polar surface area (TPSA) is 144 Å². The Morgan fingerprint density at radius 2 is 1.63 bits per heavy atom. The van der Waals surface area contributed by atoms with Gasteiger partial charge in [-0.1, -0.05) is 24.3 Å². The van der Waals surface area contributed by atoms with E-state index in [4.69, 9.17) is 5.14 Å². The lowest BCUT2D eigenvalue weighted by molar-refractivity contribution is -0.384. The van der Waals surface area contributed by atoms with Gasteiger partial charge in [0.15, 0.2) is 0 Å². The van der Waals surface area contributed by atoms with E-state index in [9.17, 15) is 26.9 Å². The van der Waals surface area contributed by atoms with Gasteiger partial charge in [0.25, 0.3) is 5.69 Å². The molecule has 0 aromatic heterocycles. The molecule has 0 unspecified atom stereocenters. The molecule has 30 heavy (non-hydrogen) atoms. The summed E-state index contributed by atoms with van der Waals surface area (Å²) in [6, 6.07) is 12.2. The van der Waals surface area contributed by atoms with E-state index in [0.717, 1.165) is 11.1 Å². The fraction of sp³-hybridized carbons (Fsp3) is 0.333. The molecule has 0 bridgehead atoms. The maximum atomic E-state index is 12.4. The predicted molar refractivity (Wildman–Crippen MR) is 110 cm³/mol. The Morgan fingerprint density at radius 1 is 1.03 bits per heavy atom. The van der Waals surface area contributed by atoms with Gasteiger partial charge in [0, 0.05) is 31.8 Å². The first-order chi connectivity index (χ1) is 14.0. The molecule has 10 nitrogen and oxygen atoms in total. The predicted octanol–water partition coefficient (Wildman–Crippen LogP) is 0.890. The number of non-ortho nitro benzene ring substituents is 1. The molecule has 0 radical (unpaired) electrons. The molecule has 2 aromatic rings. The Balaban J connectivity index is 1.62. The van der Waals surface area contributed by atoms with Crippen LogP contribution in [0, 0.1) is 10.1 Å². The summed E-state index contributed by atoms with van der Waals surface area (Å²) >= 11 is 0. The van der Waals surface area contributed by atoms with Crippen LogP contribution in [0.3, 0.4) is 0 Å². The fourth-order valence-corrected chi connectivity index (χ4v) is 5.15. The van der Waals surface area contributed by atoms with Gasteiger partial charge in [0.1, 0.15) is 0 Å². The molecule has 0 saturated carbocycles. The van der Waals surface area contributed by atoms with E-state index in [1.54, 1.807) is 24.3 Å². The van der Waals surface area contributed by atoms with Gasteiger partial charge in [0.2, 0.25) is 20.0 Å². The minimum Gasteiger partial charge on any atom is -0.284 e. The lowest BCUT2D eigenvalue weighted by Gasteiger charge is -2.35. The van der Waals surface area contributed by atoms with E-state index < -0.39 is 25.0 Å². The Bertz CT molecular complexity index is 1120. The summed E-state index contributed by atoms with van der Waals surface area (Å²) in [6.45, 7) is 1.33. The van der Waals surface area contributed by atoms with Crippen molar-refractivity contribution in [3.63, 3.8) is 0 Å². The van der Waals surface area contributed by atoms with Crippen LogP contribution in [0.1, 0.15) is 11.1 Å². The molecule has 12 heteroatoms. The average molecular weight is 455 g/mol. The van der Waals surface area contributed by atoms with Crippen LogP contribution in [0.5, 0.6) is 0 Å². The molecule has 2 aromatic carbocycles. The molecule has 0 spiro atoms. The van der Waals surface area contributed by atoms with Gasteiger partial charge in [-0.25, -0.2) is 22.0 Å². The van der Waals surface area contributed by atoms with Crippen LogP contribution in [0.25, 0.3) is 0 Å². The molecule has 1 aliphatic rings. The number of nitro groups is 1. The van der Waals surface area contributed by atoms with Crippen molar-refractivity contribution in [3.05, 3.63) is 69.8 Å². The third-order valence-electron chi connectivity index (χ3n) is 4.87. The van der Waals surface area contributed by atoms with Crippen molar-refractivity contribution >= 4 is 25.7 Å². The van der Waals surface area contributed by atoms with Crippen molar-refractivity contribution in [2.24, 2.45) is 5.14 Å². The van der Waals surface area contributed by atoms with E-state index in [2.05, 4.69) is 0 Å². The Kier molecular flexibility index (Phi) is 6.53. The highest BCUT2D eigenvalue weighted by Gasteiger charge is 2.29. The van der Waals surface area contributed by atoms with Crippen molar-refractivity contribution in [1.82, 2.24) is 9.21 Å². The number of primary sulfonamides is 1. The quantitative estimate of drug-likeness (QED) is 0.483. The van der Waals surface area contributed by atoms with Gasteiger partial charge in [0.05, 0.1) is 22.2 Å². The number of nitro benzene ring substituents is 1. The van der Waals surface area contributed by atoms with Gasteiger partial charge in [-0.15, -0.1) is 0 Å². The minimum atomic E-state index is -3.77. The van der Waals surface area contributed by atoms with Crippen molar-refractivity contribution in [2.75, 3.05) is 25.5 Å². The first-order valence-corrected chi connectivity index (χ1v) is 12.3. The highest BCUT2D eigenvalue weighted by molar-refractivity contribution is 7.89. The second-order valence-corrected chi connectivity index (χ2v) is 10.7. The molecule has 0 atom stereocenters. The summed E-state index contributed by atoms with van der Waals surface area (Å²) in [5.74, 6) is -0.00959. The van der Waals surface area contributed by atoms with Gasteiger partial charge < -0.3 is 0 Å². The minimum absolute atomic E-state index is 0.00566. The van der Waals surface area contributed by atoms with E-state index in [1.165, 1.54) is 28.6 Å². The van der Waals surface area contributed by atoms with E-state index >= 15 is 0 Å². The van der Waals surface area contributed by atoms with E-state index in [-0.39, 0.29) is 29.5 Å². The summed E-state index contributed by atoms with van der Waals surface area (Å²) in [5.41, 5.74) is 1.67. The maximum Gasteiger partial charge on any atom is 0.269 e. The Hall–Kier alpha value is -2.38. The van der Waals surface area contributed by atoms with Gasteiger partial charge in [-0.3, -0.25) is 15.0 Å². The standard InChI is InChI=1S/C18H22N4O6S2/c19-30(27,28)18-7-3-15(4-8-18)9-10-21-14-20(11-12-29(21,25)26)13-16-1-5-17(6-2-16)22(23)24/h1-8H,9-14H2,(H2,19,27,28). The molecule has 1 heterocycles. The number of sulfonamides is 2. The third-order valence-corrected chi connectivity index (χ3v) is 7.58. The maximum absolute atomic E-state index is 12.4. The molecular formula is C18H22N4O6S2. The average Bonchev–Trinajstić information content (AvgIpc) is 2.68. The second kappa shape index (κ2) is 8.78. The summed E-state index contributed by atoms with van der Waals surface area (Å²) in [4.78, 5) is 12.3. The molecule has 1 saturated heterocycles. The number of benzene rings is 2. The number of nitrogens with two attached hydrogens (primary N) is 1. The van der Waals surface area contributed by atoms with Crippen LogP contribution in [0.4, 0.5) is 5.69 Å². The zero-order valence-electron chi connectivity index (χ0n) is 16.0. The molecule has 1 fully saturated rings. The number of hydrogen-bond donors (Lipinski definition) is 1. The Labute approximate surface area is 175 Å². The largest absolute Gasteiger partial charge is 0.284 e. The first-order valence-electron chi connectivity index (χ1n) is 9.10. The summed E-state index contributed by atoms with van der Waals surface area (Å²) < 4.78 is 48.9. The smallest absolute Gasteiger partial charge is 0.269 e. The van der Waals surface area contributed by atoms with Crippen LogP contribution in [-0.4, -0.2) is 56.5 Å². The lowest BCUT2D eigenvalue weighted by atomic mass is 10.1. The van der Waals surface area contributed by atoms with Crippen LogP contribution in [0.2, 0.25) is 0 Å². The molecule has 3 rings (SSSR count). The fourth-order valence-electron chi connectivity index (χ4n) is 3.18. The second-order valence-electron chi connectivity index (χ2n) is 7.05. The van der Waals surface area contributed by atoms with E-state index in [1.807, 2.05) is 4.90 Å². The molecule has 162 valence electrons. The highest BCUT2D eigenvalue weighted by Crippen LogP contribution is 2.18. The zero-order chi connectivity index (χ0) is 21.9. The first kappa shape index (κ1) is 22.3. The SMILES string of the molecule is NS(=O)(=O)c1ccc(CCN2CN(Cc3ccc([N+](=O)[O-])cc3)CCS2(=O)=O)cc1. The van der Waals surface area contributed by atoms with Crippen LogP contribution >= 0.6 is 0 Å². The highest BCUT2D eigenvalue weighted by atomic mass is 32.2. The van der Waals surface area contributed by atoms with Crippen molar-refractivity contribution in [3.8, 4) is 0 Å². The lowest BCUT2D eigenvalue weighted by Crippen LogP contribution is -2.50. The number of hydrogen-bond acceptors (Lipinski definition) is 7. The Morgan fingerprint density at radius 3 is 2.20 bits per heavy atom. The van der Waals surface area contributed by atoms with Crippen LogP contribution < -0.4 is 5.14 Å². The molecule has 0 aliphatic carbocycles. The summed E-state index contributed by atoms with van der Waals surface area (Å²) in [6.07, 6.45) is 0.426. The monoisotopic (exact) mass is 454 g/mol. The summed E-state index contributed by atoms with van der Waals surface area (Å²) in [5, 5.41) is 15.8. The number of rotatable bonds is 7. The van der Waals surface area contributed by atoms with Gasteiger partial charge in [-0.2, -0.15) is 4.31 Å². The molecule has 0 amide bonds. The normalized spacial score (nSPS) is 17.6. The molecule has 2 N–H and O–H groups in total. The molecular weight excluding hydrogens is 432 g/mol. The third kappa shape index (κ3) is 5.61. The summed E-state index contributed by atoms with van der Waals surface area (Å²) in [7, 11) is -7.15. The van der Waals surface area contributed by atoms with Gasteiger partial charge >= 0.3 is 0 Å². The van der Waals surface area contributed by atoms with Crippen LogP contribution in [0.15, 0.2) is 53.4 Å². The van der Waals surface area contributed by atoms with Crippen molar-refractivity contribution < 1.29 is 21.8 Å². The van der Waals surface area contributed by atoms with E-state index in [0.29, 0.717) is 19.5 Å².